The summed E-state index contributed by atoms with van der Waals surface area (Å²) in [7, 11) is 0. The summed E-state index contributed by atoms with van der Waals surface area (Å²) in [5.74, 6) is 0. The third-order valence-corrected chi connectivity index (χ3v) is 4.56. The van der Waals surface area contributed by atoms with Crippen molar-refractivity contribution in [1.29, 1.82) is 0 Å². The van der Waals surface area contributed by atoms with Gasteiger partial charge in [-0.15, -0.1) is 0 Å². The molecule has 1 saturated heterocycles. The molecule has 1 nitrogen and oxygen atoms in total. The van der Waals surface area contributed by atoms with E-state index in [-0.39, 0.29) is 4.51 Å². The van der Waals surface area contributed by atoms with Crippen molar-refractivity contribution in [1.82, 2.24) is 0 Å². The maximum absolute atomic E-state index is 5.75. The third-order valence-electron chi connectivity index (χ3n) is 3.43. The smallest absolute Gasteiger partial charge is 0.175 e. The lowest BCUT2D eigenvalue weighted by atomic mass is 9.89. The Morgan fingerprint density at radius 3 is 2.87 bits per heavy atom. The number of rotatable bonds is 0. The fourth-order valence-corrected chi connectivity index (χ4v) is 3.37. The van der Waals surface area contributed by atoms with Gasteiger partial charge in [0.2, 0.25) is 0 Å². The highest BCUT2D eigenvalue weighted by Crippen LogP contribution is 2.58. The van der Waals surface area contributed by atoms with E-state index >= 15 is 0 Å². The SMILES string of the molecule is BrC12OC1Cc1cccc3cccc2c13. The van der Waals surface area contributed by atoms with Gasteiger partial charge >= 0.3 is 0 Å². The Hall–Kier alpha value is -0.860. The van der Waals surface area contributed by atoms with Crippen LogP contribution in [0.3, 0.4) is 0 Å². The van der Waals surface area contributed by atoms with Gasteiger partial charge in [0.15, 0.2) is 4.51 Å². The highest BCUT2D eigenvalue weighted by molar-refractivity contribution is 9.09. The average molecular weight is 261 g/mol. The molecule has 74 valence electrons. The first-order valence-corrected chi connectivity index (χ1v) is 5.96. The molecule has 2 aliphatic rings. The minimum absolute atomic E-state index is 0.180. The monoisotopic (exact) mass is 260 g/mol. The Morgan fingerprint density at radius 2 is 2.00 bits per heavy atom. The van der Waals surface area contributed by atoms with E-state index in [1.54, 1.807) is 0 Å². The van der Waals surface area contributed by atoms with E-state index in [4.69, 9.17) is 4.74 Å². The number of hydrogen-bond acceptors (Lipinski definition) is 1. The standard InChI is InChI=1S/C13H9BrO/c14-13-10-6-2-4-8-3-1-5-9(12(8)10)7-11(13)15-13/h1-6,11H,7H2. The van der Waals surface area contributed by atoms with Gasteiger partial charge in [0, 0.05) is 12.0 Å². The minimum Gasteiger partial charge on any atom is -0.349 e. The molecule has 2 aromatic carbocycles. The lowest BCUT2D eigenvalue weighted by Gasteiger charge is -2.17. The summed E-state index contributed by atoms with van der Waals surface area (Å²) in [6.45, 7) is 0. The third kappa shape index (κ3) is 0.918. The predicted octanol–water partition coefficient (Wildman–Crippen LogP) is 3.34. The summed E-state index contributed by atoms with van der Waals surface area (Å²) in [5, 5.41) is 2.70. The fraction of sp³-hybridized carbons (Fsp3) is 0.231. The Kier molecular flexibility index (Phi) is 1.35. The number of epoxide rings is 1. The number of ether oxygens (including phenoxy) is 1. The van der Waals surface area contributed by atoms with Crippen molar-refractivity contribution < 1.29 is 4.74 Å². The molecule has 0 radical (unpaired) electrons. The van der Waals surface area contributed by atoms with Crippen LogP contribution in [0.5, 0.6) is 0 Å². The molecule has 1 fully saturated rings. The molecule has 2 heteroatoms. The summed E-state index contributed by atoms with van der Waals surface area (Å²) >= 11 is 3.71. The van der Waals surface area contributed by atoms with Crippen LogP contribution in [0.4, 0.5) is 0 Å². The van der Waals surface area contributed by atoms with Gasteiger partial charge in [0.1, 0.15) is 6.10 Å². The van der Waals surface area contributed by atoms with Crippen LogP contribution in [0.1, 0.15) is 11.1 Å². The molecular formula is C13H9BrO. The Bertz CT molecular complexity index is 573. The number of benzene rings is 2. The molecule has 0 amide bonds. The summed E-state index contributed by atoms with van der Waals surface area (Å²) in [6.07, 6.45) is 1.36. The summed E-state index contributed by atoms with van der Waals surface area (Å²) in [6, 6.07) is 12.9. The molecule has 1 aliphatic heterocycles. The molecule has 2 unspecified atom stereocenters. The molecule has 0 N–H and O–H groups in total. The van der Waals surface area contributed by atoms with Gasteiger partial charge < -0.3 is 4.74 Å². The zero-order valence-electron chi connectivity index (χ0n) is 8.03. The van der Waals surface area contributed by atoms with E-state index in [1.165, 1.54) is 21.9 Å². The Balaban J connectivity index is 2.20. The summed E-state index contributed by atoms with van der Waals surface area (Å²) in [4.78, 5) is 0. The lowest BCUT2D eigenvalue weighted by Crippen LogP contribution is -2.13. The number of hydrogen-bond donors (Lipinski definition) is 0. The first-order chi connectivity index (χ1) is 7.29. The fourth-order valence-electron chi connectivity index (χ4n) is 2.66. The number of halogens is 1. The maximum atomic E-state index is 5.75. The summed E-state index contributed by atoms with van der Waals surface area (Å²) in [5.41, 5.74) is 2.72. The van der Waals surface area contributed by atoms with Gasteiger partial charge in [-0.05, 0) is 32.3 Å². The molecule has 0 aromatic heterocycles. The zero-order chi connectivity index (χ0) is 10.0. The van der Waals surface area contributed by atoms with Crippen LogP contribution in [0, 0.1) is 0 Å². The normalized spacial score (nSPS) is 31.4. The second-order valence-corrected chi connectivity index (χ2v) is 5.45. The molecule has 1 aliphatic carbocycles. The molecule has 0 spiro atoms. The summed E-state index contributed by atoms with van der Waals surface area (Å²) < 4.78 is 5.57. The van der Waals surface area contributed by atoms with Crippen LogP contribution in [0.2, 0.25) is 0 Å². The molecule has 15 heavy (non-hydrogen) atoms. The van der Waals surface area contributed by atoms with Crippen LogP contribution < -0.4 is 0 Å². The topological polar surface area (TPSA) is 12.5 Å². The van der Waals surface area contributed by atoms with E-state index < -0.39 is 0 Å². The molecule has 4 rings (SSSR count). The largest absolute Gasteiger partial charge is 0.349 e. The van der Waals surface area contributed by atoms with Crippen LogP contribution in [0.25, 0.3) is 10.8 Å². The van der Waals surface area contributed by atoms with Crippen molar-refractivity contribution >= 4 is 26.7 Å². The van der Waals surface area contributed by atoms with Gasteiger partial charge in [0.25, 0.3) is 0 Å². The Labute approximate surface area is 96.2 Å². The maximum Gasteiger partial charge on any atom is 0.175 e. The highest BCUT2D eigenvalue weighted by atomic mass is 79.9. The van der Waals surface area contributed by atoms with E-state index in [2.05, 4.69) is 52.3 Å². The van der Waals surface area contributed by atoms with Crippen molar-refractivity contribution in [3.05, 3.63) is 47.5 Å². The van der Waals surface area contributed by atoms with E-state index in [9.17, 15) is 0 Å². The molecule has 2 atom stereocenters. The van der Waals surface area contributed by atoms with Gasteiger partial charge in [-0.25, -0.2) is 0 Å². The molecule has 2 aromatic rings. The van der Waals surface area contributed by atoms with Gasteiger partial charge in [-0.3, -0.25) is 0 Å². The quantitative estimate of drug-likeness (QED) is 0.523. The zero-order valence-corrected chi connectivity index (χ0v) is 9.62. The van der Waals surface area contributed by atoms with Crippen molar-refractivity contribution in [2.24, 2.45) is 0 Å². The van der Waals surface area contributed by atoms with E-state index in [0.29, 0.717) is 6.10 Å². The highest BCUT2D eigenvalue weighted by Gasteiger charge is 2.58. The van der Waals surface area contributed by atoms with Crippen LogP contribution in [-0.4, -0.2) is 6.10 Å². The second kappa shape index (κ2) is 2.45. The van der Waals surface area contributed by atoms with E-state index in [0.717, 1.165) is 6.42 Å². The minimum atomic E-state index is -0.180. The molecular weight excluding hydrogens is 252 g/mol. The molecule has 1 heterocycles. The van der Waals surface area contributed by atoms with E-state index in [1.807, 2.05) is 0 Å². The van der Waals surface area contributed by atoms with Crippen molar-refractivity contribution in [3.63, 3.8) is 0 Å². The van der Waals surface area contributed by atoms with Gasteiger partial charge in [-0.2, -0.15) is 0 Å². The first kappa shape index (κ1) is 8.31. The van der Waals surface area contributed by atoms with Crippen molar-refractivity contribution in [3.8, 4) is 0 Å². The van der Waals surface area contributed by atoms with Crippen molar-refractivity contribution in [2.45, 2.75) is 17.0 Å². The van der Waals surface area contributed by atoms with Crippen LogP contribution in [0.15, 0.2) is 36.4 Å². The van der Waals surface area contributed by atoms with Crippen LogP contribution >= 0.6 is 15.9 Å². The van der Waals surface area contributed by atoms with Gasteiger partial charge in [-0.1, -0.05) is 36.4 Å². The van der Waals surface area contributed by atoms with Gasteiger partial charge in [0.05, 0.1) is 0 Å². The first-order valence-electron chi connectivity index (χ1n) is 5.17. The second-order valence-electron chi connectivity index (χ2n) is 4.28. The van der Waals surface area contributed by atoms with Crippen molar-refractivity contribution in [2.75, 3.05) is 0 Å². The molecule has 0 saturated carbocycles. The molecule has 0 bridgehead atoms. The predicted molar refractivity (Wildman–Crippen MR) is 63.1 cm³/mol. The van der Waals surface area contributed by atoms with Crippen LogP contribution in [-0.2, 0) is 15.7 Å². The number of fused-ring (bicyclic) bond motifs is 2. The lowest BCUT2D eigenvalue weighted by molar-refractivity contribution is 0.364. The number of alkyl halides is 1. The average Bonchev–Trinajstić information content (AvgIpc) is 2.91. The Morgan fingerprint density at radius 1 is 1.20 bits per heavy atom.